The molecule has 0 aromatic carbocycles. The molecule has 0 unspecified atom stereocenters. The molecule has 0 aliphatic carbocycles. The fourth-order valence-electron chi connectivity index (χ4n) is 1.24. The molecule has 1 nitrogen and oxygen atoms in total. The molecule has 0 amide bonds. The third kappa shape index (κ3) is 7.99. The maximum absolute atomic E-state index is 11.8. The highest BCUT2D eigenvalue weighted by Gasteiger charge is 2.01. The van der Waals surface area contributed by atoms with Crippen molar-refractivity contribution in [3.05, 3.63) is 0 Å². The number of halogens is 1. The molecule has 0 heterocycles. The molecule has 1 atom stereocenters. The largest absolute Gasteiger partial charge is 0.390 e. The van der Waals surface area contributed by atoms with Crippen LogP contribution in [-0.2, 0) is 0 Å². The van der Waals surface area contributed by atoms with Gasteiger partial charge in [-0.05, 0) is 6.42 Å². The first kappa shape index (κ1) is 11.9. The van der Waals surface area contributed by atoms with Crippen LogP contribution in [0.1, 0.15) is 51.9 Å². The smallest absolute Gasteiger partial charge is 0.115 e. The predicted molar refractivity (Wildman–Crippen MR) is 50.0 cm³/mol. The maximum Gasteiger partial charge on any atom is 0.115 e. The van der Waals surface area contributed by atoms with E-state index >= 15 is 0 Å². The molecule has 0 aliphatic rings. The summed E-state index contributed by atoms with van der Waals surface area (Å²) in [6.07, 6.45) is 7.08. The molecule has 0 bridgehead atoms. The van der Waals surface area contributed by atoms with Crippen molar-refractivity contribution in [1.29, 1.82) is 0 Å². The second-order valence-corrected chi connectivity index (χ2v) is 3.36. The van der Waals surface area contributed by atoms with Crippen molar-refractivity contribution in [1.82, 2.24) is 0 Å². The number of hydrogen-bond acceptors (Lipinski definition) is 1. The van der Waals surface area contributed by atoms with Gasteiger partial charge in [-0.25, -0.2) is 4.39 Å². The third-order valence-electron chi connectivity index (χ3n) is 2.07. The first-order valence-corrected chi connectivity index (χ1v) is 5.05. The Balaban J connectivity index is 2.90. The van der Waals surface area contributed by atoms with Gasteiger partial charge in [-0.1, -0.05) is 45.4 Å². The van der Waals surface area contributed by atoms with Crippen molar-refractivity contribution >= 4 is 0 Å². The van der Waals surface area contributed by atoms with E-state index in [0.717, 1.165) is 12.8 Å². The molecule has 0 radical (unpaired) electrons. The van der Waals surface area contributed by atoms with Gasteiger partial charge in [-0.15, -0.1) is 0 Å². The third-order valence-corrected chi connectivity index (χ3v) is 2.07. The molecule has 2 heteroatoms. The van der Waals surface area contributed by atoms with E-state index < -0.39 is 12.8 Å². The van der Waals surface area contributed by atoms with Gasteiger partial charge in [-0.2, -0.15) is 0 Å². The molecule has 1 N–H and O–H groups in total. The zero-order valence-electron chi connectivity index (χ0n) is 8.06. The Hall–Kier alpha value is -0.110. The minimum atomic E-state index is -0.712. The van der Waals surface area contributed by atoms with Crippen LogP contribution in [0.15, 0.2) is 0 Å². The zero-order chi connectivity index (χ0) is 9.23. The van der Waals surface area contributed by atoms with Gasteiger partial charge in [0.1, 0.15) is 6.67 Å². The van der Waals surface area contributed by atoms with Gasteiger partial charge < -0.3 is 5.11 Å². The summed E-state index contributed by atoms with van der Waals surface area (Å²) in [5, 5.41) is 8.89. The van der Waals surface area contributed by atoms with E-state index in [0.29, 0.717) is 6.42 Å². The van der Waals surface area contributed by atoms with Crippen LogP contribution >= 0.6 is 0 Å². The van der Waals surface area contributed by atoms with E-state index in [4.69, 9.17) is 5.11 Å². The quantitative estimate of drug-likeness (QED) is 0.563. The monoisotopic (exact) mass is 176 g/mol. The van der Waals surface area contributed by atoms with Crippen molar-refractivity contribution < 1.29 is 9.50 Å². The number of unbranched alkanes of at least 4 members (excludes halogenated alkanes) is 5. The van der Waals surface area contributed by atoms with Crippen LogP contribution in [0.3, 0.4) is 0 Å². The van der Waals surface area contributed by atoms with E-state index in [1.807, 2.05) is 0 Å². The highest BCUT2D eigenvalue weighted by molar-refractivity contribution is 4.53. The topological polar surface area (TPSA) is 20.2 Å². The SMILES string of the molecule is CCCCCCCC[C@@H](O)CF. The maximum atomic E-state index is 11.8. The minimum Gasteiger partial charge on any atom is -0.390 e. The van der Waals surface area contributed by atoms with Gasteiger partial charge in [0.2, 0.25) is 0 Å². The second kappa shape index (κ2) is 8.98. The van der Waals surface area contributed by atoms with Crippen LogP contribution in [0.4, 0.5) is 4.39 Å². The summed E-state index contributed by atoms with van der Waals surface area (Å²) in [6.45, 7) is 1.60. The molecule has 74 valence electrons. The molecular formula is C10H21FO. The molecular weight excluding hydrogens is 155 g/mol. The van der Waals surface area contributed by atoms with Crippen LogP contribution in [-0.4, -0.2) is 17.9 Å². The van der Waals surface area contributed by atoms with Gasteiger partial charge in [0.15, 0.2) is 0 Å². The normalized spacial score (nSPS) is 13.2. The fraction of sp³-hybridized carbons (Fsp3) is 1.00. The molecule has 0 fully saturated rings. The summed E-state index contributed by atoms with van der Waals surface area (Å²) < 4.78 is 11.8. The van der Waals surface area contributed by atoms with E-state index in [2.05, 4.69) is 6.92 Å². The average Bonchev–Trinajstić information content (AvgIpc) is 2.10. The van der Waals surface area contributed by atoms with E-state index in [-0.39, 0.29) is 0 Å². The van der Waals surface area contributed by atoms with E-state index in [1.54, 1.807) is 0 Å². The standard InChI is InChI=1S/C10H21FO/c1-2-3-4-5-6-7-8-10(12)9-11/h10,12H,2-9H2,1H3/t10-/m1/s1. The molecule has 0 aromatic rings. The second-order valence-electron chi connectivity index (χ2n) is 3.36. The summed E-state index contributed by atoms with van der Waals surface area (Å²) in [5.41, 5.74) is 0. The van der Waals surface area contributed by atoms with Crippen molar-refractivity contribution in [3.8, 4) is 0 Å². The number of hydrogen-bond donors (Lipinski definition) is 1. The Labute approximate surface area is 75.0 Å². The van der Waals surface area contributed by atoms with Gasteiger partial charge in [0.05, 0.1) is 6.10 Å². The van der Waals surface area contributed by atoms with E-state index in [9.17, 15) is 4.39 Å². The Morgan fingerprint density at radius 2 is 1.67 bits per heavy atom. The Kier molecular flexibility index (Phi) is 8.90. The Bertz CT molecular complexity index is 85.9. The number of alkyl halides is 1. The number of aliphatic hydroxyl groups is 1. The van der Waals surface area contributed by atoms with Crippen LogP contribution in [0.5, 0.6) is 0 Å². The summed E-state index contributed by atoms with van der Waals surface area (Å²) in [5.74, 6) is 0. The molecule has 12 heavy (non-hydrogen) atoms. The zero-order valence-corrected chi connectivity index (χ0v) is 8.06. The van der Waals surface area contributed by atoms with Gasteiger partial charge >= 0.3 is 0 Å². The average molecular weight is 176 g/mol. The Morgan fingerprint density at radius 3 is 2.25 bits per heavy atom. The van der Waals surface area contributed by atoms with Crippen LogP contribution in [0.2, 0.25) is 0 Å². The molecule has 0 saturated carbocycles. The predicted octanol–water partition coefficient (Wildman–Crippen LogP) is 3.07. The Morgan fingerprint density at radius 1 is 1.08 bits per heavy atom. The molecule has 0 aromatic heterocycles. The lowest BCUT2D eigenvalue weighted by molar-refractivity contribution is 0.128. The molecule has 0 saturated heterocycles. The lowest BCUT2D eigenvalue weighted by atomic mass is 10.1. The summed E-state index contributed by atoms with van der Waals surface area (Å²) >= 11 is 0. The number of rotatable bonds is 8. The minimum absolute atomic E-state index is 0.588. The highest BCUT2D eigenvalue weighted by atomic mass is 19.1. The molecule has 0 spiro atoms. The van der Waals surface area contributed by atoms with Crippen molar-refractivity contribution in [2.75, 3.05) is 6.67 Å². The lowest BCUT2D eigenvalue weighted by Gasteiger charge is -2.04. The van der Waals surface area contributed by atoms with Crippen molar-refractivity contribution in [2.45, 2.75) is 58.0 Å². The summed E-state index contributed by atoms with van der Waals surface area (Å²) in [7, 11) is 0. The van der Waals surface area contributed by atoms with Crippen molar-refractivity contribution in [3.63, 3.8) is 0 Å². The first-order chi connectivity index (χ1) is 5.81. The van der Waals surface area contributed by atoms with Crippen LogP contribution < -0.4 is 0 Å². The first-order valence-electron chi connectivity index (χ1n) is 5.05. The molecule has 0 aliphatic heterocycles. The van der Waals surface area contributed by atoms with Crippen molar-refractivity contribution in [2.24, 2.45) is 0 Å². The fourth-order valence-corrected chi connectivity index (χ4v) is 1.24. The summed E-state index contributed by atoms with van der Waals surface area (Å²) in [6, 6.07) is 0. The summed E-state index contributed by atoms with van der Waals surface area (Å²) in [4.78, 5) is 0. The van der Waals surface area contributed by atoms with Gasteiger partial charge in [-0.3, -0.25) is 0 Å². The van der Waals surface area contributed by atoms with Crippen LogP contribution in [0.25, 0.3) is 0 Å². The van der Waals surface area contributed by atoms with E-state index in [1.165, 1.54) is 25.7 Å². The lowest BCUT2D eigenvalue weighted by Crippen LogP contribution is -2.07. The highest BCUT2D eigenvalue weighted by Crippen LogP contribution is 2.08. The number of aliphatic hydroxyl groups excluding tert-OH is 1. The van der Waals surface area contributed by atoms with Gasteiger partial charge in [0.25, 0.3) is 0 Å². The van der Waals surface area contributed by atoms with Crippen LogP contribution in [0, 0.1) is 0 Å². The van der Waals surface area contributed by atoms with Gasteiger partial charge in [0, 0.05) is 0 Å². The molecule has 0 rings (SSSR count).